The van der Waals surface area contributed by atoms with Gasteiger partial charge in [-0.25, -0.2) is 19.6 Å². The van der Waals surface area contributed by atoms with Crippen LogP contribution in [0.1, 0.15) is 204 Å². The number of aromatic nitrogens is 4. The van der Waals surface area contributed by atoms with Gasteiger partial charge in [-0.3, -0.25) is 19.6 Å². The van der Waals surface area contributed by atoms with Gasteiger partial charge in [0.1, 0.15) is 53.0 Å². The summed E-state index contributed by atoms with van der Waals surface area (Å²) in [4.78, 5) is 83.3. The summed E-state index contributed by atoms with van der Waals surface area (Å²) in [6.07, 6.45) is 22.7. The molecule has 574 valence electrons. The van der Waals surface area contributed by atoms with E-state index >= 15 is 0 Å². The van der Waals surface area contributed by atoms with Crippen LogP contribution in [0.5, 0.6) is 11.5 Å². The predicted molar refractivity (Wildman–Crippen MR) is 432 cm³/mol. The molecule has 6 aromatic carbocycles. The zero-order valence-electron chi connectivity index (χ0n) is 65.0. The Labute approximate surface area is 653 Å². The van der Waals surface area contributed by atoms with E-state index in [1.807, 2.05) is 40.1 Å². The van der Waals surface area contributed by atoms with Crippen LogP contribution in [0.25, 0.3) is 55.1 Å². The molecule has 4 amide bonds. The third-order valence-electron chi connectivity index (χ3n) is 26.5. The number of imidazole rings is 2. The molecule has 0 unspecified atom stereocenters. The lowest BCUT2D eigenvalue weighted by atomic mass is 9.77. The topological polar surface area (TPSA) is 236 Å². The first-order valence-electron chi connectivity index (χ1n) is 40.4. The summed E-state index contributed by atoms with van der Waals surface area (Å²) in [5.74, 6) is 5.97. The average Bonchev–Trinajstić information content (AvgIpc) is 1.47. The quantitative estimate of drug-likeness (QED) is 0.0836. The molecule has 4 aliphatic carbocycles. The van der Waals surface area contributed by atoms with Crippen molar-refractivity contribution < 1.29 is 47.4 Å². The van der Waals surface area contributed by atoms with Crippen LogP contribution < -0.4 is 25.6 Å². The molecule has 19 rings (SSSR count). The van der Waals surface area contributed by atoms with E-state index in [2.05, 4.69) is 164 Å². The molecule has 8 aromatic rings. The maximum atomic E-state index is 14.2. The number of likely N-dealkylation sites (tertiary alicyclic amines) is 2. The Bertz CT molecular complexity index is 5000. The van der Waals surface area contributed by atoms with Gasteiger partial charge < -0.3 is 58.7 Å². The van der Waals surface area contributed by atoms with Crippen LogP contribution in [-0.2, 0) is 54.4 Å². The van der Waals surface area contributed by atoms with Gasteiger partial charge in [0, 0.05) is 59.3 Å². The van der Waals surface area contributed by atoms with E-state index in [1.54, 1.807) is 0 Å². The highest BCUT2D eigenvalue weighted by molar-refractivity contribution is 9.10. The average molecular weight is 1550 g/mol. The van der Waals surface area contributed by atoms with Crippen LogP contribution in [0.15, 0.2) is 112 Å². The van der Waals surface area contributed by atoms with E-state index in [0.717, 1.165) is 151 Å². The molecule has 4 saturated carbocycles. The number of nitrogens with zero attached hydrogens (tertiary/aromatic N) is 6. The van der Waals surface area contributed by atoms with E-state index in [9.17, 15) is 19.2 Å². The van der Waals surface area contributed by atoms with Gasteiger partial charge in [-0.05, 0) is 246 Å². The molecule has 20 nitrogen and oxygen atoms in total. The second-order valence-corrected chi connectivity index (χ2v) is 35.1. The zero-order chi connectivity index (χ0) is 76.2. The van der Waals surface area contributed by atoms with Gasteiger partial charge in [0.2, 0.25) is 11.8 Å². The molecule has 110 heavy (non-hydrogen) atoms. The molecule has 7 aliphatic heterocycles. The third-order valence-corrected chi connectivity index (χ3v) is 26.9. The second-order valence-electron chi connectivity index (χ2n) is 34.3. The summed E-state index contributed by atoms with van der Waals surface area (Å²) >= 11 is 3.36. The van der Waals surface area contributed by atoms with Gasteiger partial charge in [0.15, 0.2) is 0 Å². The van der Waals surface area contributed by atoms with Gasteiger partial charge in [0.05, 0.1) is 67.0 Å². The number of aliphatic imine (C=N–C) groups is 2. The number of ether oxygens (including phenoxy) is 4. The van der Waals surface area contributed by atoms with Crippen molar-refractivity contribution in [3.63, 3.8) is 0 Å². The number of carbonyl (C=O) groups is 4. The first-order chi connectivity index (χ1) is 53.1. The van der Waals surface area contributed by atoms with Crippen molar-refractivity contribution in [2.24, 2.45) is 33.7 Å². The molecule has 0 bridgehead atoms. The lowest BCUT2D eigenvalue weighted by Crippen LogP contribution is -2.56. The van der Waals surface area contributed by atoms with Crippen molar-refractivity contribution in [1.82, 2.24) is 40.4 Å². The minimum Gasteiger partial charge on any atom is -0.488 e. The lowest BCUT2D eigenvalue weighted by molar-refractivity contribution is -0.137. The number of amides is 4. The Morgan fingerprint density at radius 2 is 1.05 bits per heavy atom. The SMILES string of the molecule is Brc1cnc(C2CCCC2)[nH]1.COC(=O)N[C@H](C(=O)N1[C@H](C2=Nc3ccc4cc5c(cc4c3C2)COc2cc(B3OC(C)(C)C(C)(C)O3)ccc2-5)C[C@@H]2CCC[C@@H]21)C(C)C.COC(=O)N[C@H](C(=O)N1[C@H](C2=Nc3ccc4cc5c(cc4c3C2)OCc2cc(-c3cnc(C4CCCC4)[nH]3)ccc2-5)C[C@@H]2CCC[C@@H]21)C(C)C. The van der Waals surface area contributed by atoms with E-state index < -0.39 is 42.6 Å². The number of alkyl carbamates (subject to hydrolysis) is 2. The van der Waals surface area contributed by atoms with Crippen molar-refractivity contribution in [3.8, 4) is 45.0 Å². The molecular weight excluding hydrogens is 1450 g/mol. The molecule has 3 saturated heterocycles. The Balaban J connectivity index is 0.000000140. The molecule has 8 atom stereocenters. The molecule has 4 N–H and O–H groups in total. The predicted octanol–water partition coefficient (Wildman–Crippen LogP) is 17.5. The maximum absolute atomic E-state index is 14.2. The molecule has 22 heteroatoms. The van der Waals surface area contributed by atoms with Gasteiger partial charge >= 0.3 is 19.3 Å². The monoisotopic (exact) mass is 1550 g/mol. The Morgan fingerprint density at radius 3 is 1.58 bits per heavy atom. The van der Waals surface area contributed by atoms with Crippen molar-refractivity contribution >= 4 is 96.9 Å². The number of halogens is 1. The first kappa shape index (κ1) is 73.9. The van der Waals surface area contributed by atoms with Crippen LogP contribution in [0.4, 0.5) is 21.0 Å². The lowest BCUT2D eigenvalue weighted by Gasteiger charge is -2.34. The van der Waals surface area contributed by atoms with Crippen molar-refractivity contribution in [2.45, 2.75) is 243 Å². The highest BCUT2D eigenvalue weighted by Gasteiger charge is 2.54. The number of benzene rings is 6. The number of fused-ring (bicyclic) bond motifs is 14. The molecule has 0 radical (unpaired) electrons. The zero-order valence-corrected chi connectivity index (χ0v) is 66.6. The minimum atomic E-state index is -0.651. The fourth-order valence-electron chi connectivity index (χ4n) is 19.9. The van der Waals surface area contributed by atoms with E-state index in [0.29, 0.717) is 49.7 Å². The number of H-pyrrole nitrogens is 2. The van der Waals surface area contributed by atoms with Gasteiger partial charge in [-0.1, -0.05) is 103 Å². The highest BCUT2D eigenvalue weighted by atomic mass is 79.9. The van der Waals surface area contributed by atoms with Gasteiger partial charge in [0.25, 0.3) is 0 Å². The number of aromatic amines is 2. The number of carbonyl (C=O) groups excluding carboxylic acids is 4. The van der Waals surface area contributed by atoms with E-state index in [-0.39, 0.29) is 47.8 Å². The maximum Gasteiger partial charge on any atom is 0.494 e. The van der Waals surface area contributed by atoms with Crippen molar-refractivity contribution in [1.29, 1.82) is 0 Å². The first-order valence-corrected chi connectivity index (χ1v) is 41.2. The third kappa shape index (κ3) is 13.7. The normalized spacial score (nSPS) is 23.5. The van der Waals surface area contributed by atoms with E-state index in [4.69, 9.17) is 43.2 Å². The van der Waals surface area contributed by atoms with Crippen molar-refractivity contribution in [3.05, 3.63) is 136 Å². The van der Waals surface area contributed by atoms with Crippen LogP contribution in [0.2, 0.25) is 0 Å². The van der Waals surface area contributed by atoms with Gasteiger partial charge in [-0.15, -0.1) is 0 Å². The standard InChI is InChI=1S/C41H45N5O4.C39H46BN3O6.C8H11BrN2/c1-22(2)38(45-41(48)49-3)40(47)46-35-10-6-9-26(35)17-36(46)33-18-30-29-19-37-31(16-24(29)12-14-32(30)43-33)28-13-11-25(15-27(28)21-50-37)34-20-42-39(44-34)23-7-4-5-8-23;1-21(2)35(42-37(45)46-7)36(44)43-32-10-8-9-23(32)17-33(43)31-19-29-27-16-24-20-47-34-18-25(40-48-38(3,4)39(5,6)49-40)12-13-26(34)28(24)15-22(27)11-14-30(29)41-31;9-7-5-10-8(11-7)6-3-1-2-4-6/h11-16,19-20,22-23,26,35-36,38H,4-10,17-18,21H2,1-3H3,(H,42,44)(H,45,48);11-16,18,21,23,32-33,35H,8-10,17,19-20H2,1-7H3,(H,42,45);5-6H,1-4H2,(H,10,11)/t26-,35-,36-,38-;23-,32-,33-,35-;/m00./s1. The van der Waals surface area contributed by atoms with Crippen LogP contribution in [-0.4, -0.2) is 134 Å². The van der Waals surface area contributed by atoms with Gasteiger partial charge in [-0.2, -0.15) is 0 Å². The van der Waals surface area contributed by atoms with Crippen LogP contribution >= 0.6 is 15.9 Å². The Kier molecular flexibility index (Phi) is 19.9. The Hall–Kier alpha value is -8.86. The minimum absolute atomic E-state index is 0.0283. The largest absolute Gasteiger partial charge is 0.494 e. The summed E-state index contributed by atoms with van der Waals surface area (Å²) in [6.45, 7) is 17.1. The number of hydrogen-bond donors (Lipinski definition) is 4. The second kappa shape index (κ2) is 29.7. The summed E-state index contributed by atoms with van der Waals surface area (Å²) in [7, 11) is 2.22. The molecule has 11 aliphatic rings. The highest BCUT2D eigenvalue weighted by Crippen LogP contribution is 2.51. The number of hydrogen-bond acceptors (Lipinski definition) is 14. The smallest absolute Gasteiger partial charge is 0.488 e. The van der Waals surface area contributed by atoms with Crippen LogP contribution in [0, 0.1) is 23.7 Å². The summed E-state index contributed by atoms with van der Waals surface area (Å²) in [6, 6.07) is 29.4. The fourth-order valence-corrected chi connectivity index (χ4v) is 20.2. The van der Waals surface area contributed by atoms with Crippen molar-refractivity contribution in [2.75, 3.05) is 14.2 Å². The molecular formula is C88H102BBrN10O10. The fraction of sp³-hybridized carbons (Fsp3) is 0.500. The molecule has 7 fully saturated rings. The Morgan fingerprint density at radius 1 is 0.555 bits per heavy atom. The molecule has 2 aromatic heterocycles. The summed E-state index contributed by atoms with van der Waals surface area (Å²) < 4.78 is 36.2. The number of methoxy groups -OCH3 is 2. The molecule has 9 heterocycles. The summed E-state index contributed by atoms with van der Waals surface area (Å²) in [5.41, 5.74) is 15.6. The molecule has 0 spiro atoms. The van der Waals surface area contributed by atoms with E-state index in [1.165, 1.54) is 98.8 Å². The number of nitrogens with one attached hydrogen (secondary N) is 4. The van der Waals surface area contributed by atoms with Crippen LogP contribution in [0.3, 0.4) is 0 Å². The summed E-state index contributed by atoms with van der Waals surface area (Å²) in [5, 5.41) is 10.3. The number of rotatable bonds is 12.